The molecule has 0 radical (unpaired) electrons. The van der Waals surface area contributed by atoms with E-state index in [1.165, 1.54) is 18.5 Å². The Morgan fingerprint density at radius 1 is 1.32 bits per heavy atom. The third kappa shape index (κ3) is 3.84. The second-order valence-electron chi connectivity index (χ2n) is 7.06. The molecule has 5 nitrogen and oxygen atoms in total. The van der Waals surface area contributed by atoms with Crippen molar-refractivity contribution >= 4 is 17.5 Å². The zero-order valence-electron chi connectivity index (χ0n) is 13.8. The number of benzene rings is 1. The molecule has 5 heteroatoms. The Morgan fingerprint density at radius 2 is 1.95 bits per heavy atom. The normalized spacial score (nSPS) is 16.6. The van der Waals surface area contributed by atoms with Gasteiger partial charge in [0.25, 0.3) is 0 Å². The lowest BCUT2D eigenvalue weighted by Gasteiger charge is -2.34. The molecule has 1 aliphatic rings. The number of primary amides is 1. The van der Waals surface area contributed by atoms with Crippen LogP contribution >= 0.6 is 0 Å². The molecule has 1 aliphatic heterocycles. The molecule has 1 amide bonds. The van der Waals surface area contributed by atoms with Gasteiger partial charge in [0.05, 0.1) is 0 Å². The van der Waals surface area contributed by atoms with Gasteiger partial charge < -0.3 is 21.1 Å². The second-order valence-corrected chi connectivity index (χ2v) is 7.06. The van der Waals surface area contributed by atoms with Gasteiger partial charge in [-0.05, 0) is 42.0 Å². The highest BCUT2D eigenvalue weighted by Crippen LogP contribution is 2.41. The minimum Gasteiger partial charge on any atom is -0.449 e. The molecule has 2 rings (SSSR count). The third-order valence-corrected chi connectivity index (χ3v) is 4.31. The van der Waals surface area contributed by atoms with Crippen LogP contribution in [0.4, 0.5) is 16.2 Å². The Morgan fingerprint density at radius 3 is 2.50 bits per heavy atom. The minimum absolute atomic E-state index is 0.0408. The first-order valence-electron chi connectivity index (χ1n) is 7.85. The first-order valence-corrected chi connectivity index (χ1v) is 7.85. The number of rotatable bonds is 4. The van der Waals surface area contributed by atoms with Gasteiger partial charge in [0, 0.05) is 30.4 Å². The Labute approximate surface area is 132 Å². The molecule has 0 spiro atoms. The van der Waals surface area contributed by atoms with Gasteiger partial charge in [0.15, 0.2) is 0 Å². The number of nitrogens with two attached hydrogens (primary N) is 2. The third-order valence-electron chi connectivity index (χ3n) is 4.31. The van der Waals surface area contributed by atoms with E-state index in [-0.39, 0.29) is 17.9 Å². The van der Waals surface area contributed by atoms with Crippen LogP contribution in [0, 0.1) is 5.41 Å². The summed E-state index contributed by atoms with van der Waals surface area (Å²) in [5, 5.41) is 0. The molecule has 4 N–H and O–H groups in total. The molecule has 0 bridgehead atoms. The summed E-state index contributed by atoms with van der Waals surface area (Å²) in [4.78, 5) is 13.4. The molecule has 0 aromatic heterocycles. The summed E-state index contributed by atoms with van der Waals surface area (Å²) < 4.78 is 5.12. The van der Waals surface area contributed by atoms with Crippen molar-refractivity contribution in [2.75, 3.05) is 30.3 Å². The first-order chi connectivity index (χ1) is 10.3. The van der Waals surface area contributed by atoms with Crippen molar-refractivity contribution in [2.45, 2.75) is 39.5 Å². The van der Waals surface area contributed by atoms with Gasteiger partial charge in [-0.2, -0.15) is 0 Å². The van der Waals surface area contributed by atoms with Crippen molar-refractivity contribution in [1.82, 2.24) is 0 Å². The lowest BCUT2D eigenvalue weighted by Crippen LogP contribution is -2.29. The predicted molar refractivity (Wildman–Crippen MR) is 90.0 cm³/mol. The quantitative estimate of drug-likeness (QED) is 0.837. The van der Waals surface area contributed by atoms with Gasteiger partial charge in [-0.15, -0.1) is 0 Å². The highest BCUT2D eigenvalue weighted by Gasteiger charge is 2.31. The molecule has 122 valence electrons. The molecule has 22 heavy (non-hydrogen) atoms. The van der Waals surface area contributed by atoms with Gasteiger partial charge in [-0.25, -0.2) is 4.79 Å². The number of nitrogen functional groups attached to an aromatic ring is 1. The average molecular weight is 305 g/mol. The number of nitrogens with zero attached hydrogens (tertiary/aromatic N) is 1. The zero-order valence-corrected chi connectivity index (χ0v) is 13.8. The molecule has 1 unspecified atom stereocenters. The van der Waals surface area contributed by atoms with Gasteiger partial charge in [0.2, 0.25) is 0 Å². The van der Waals surface area contributed by atoms with Crippen LogP contribution in [0.3, 0.4) is 0 Å². The molecule has 1 fully saturated rings. The van der Waals surface area contributed by atoms with Crippen LogP contribution in [0.5, 0.6) is 0 Å². The molecule has 1 aromatic rings. The van der Waals surface area contributed by atoms with E-state index < -0.39 is 6.09 Å². The fourth-order valence-corrected chi connectivity index (χ4v) is 3.07. The monoisotopic (exact) mass is 305 g/mol. The summed E-state index contributed by atoms with van der Waals surface area (Å²) in [6.07, 6.45) is 1.68. The van der Waals surface area contributed by atoms with E-state index in [9.17, 15) is 4.79 Å². The molecule has 1 atom stereocenters. The van der Waals surface area contributed by atoms with E-state index in [1.807, 2.05) is 12.1 Å². The van der Waals surface area contributed by atoms with Crippen LogP contribution in [-0.2, 0) is 4.74 Å². The lowest BCUT2D eigenvalue weighted by molar-refractivity contribution is 0.126. The lowest BCUT2D eigenvalue weighted by atomic mass is 9.76. The van der Waals surface area contributed by atoms with E-state index in [4.69, 9.17) is 16.2 Å². The van der Waals surface area contributed by atoms with Crippen LogP contribution in [-0.4, -0.2) is 25.8 Å². The summed E-state index contributed by atoms with van der Waals surface area (Å²) >= 11 is 0. The van der Waals surface area contributed by atoms with Crippen molar-refractivity contribution in [2.24, 2.45) is 11.1 Å². The smallest absolute Gasteiger partial charge is 0.404 e. The molecule has 1 saturated heterocycles. The Bertz CT molecular complexity index is 531. The largest absolute Gasteiger partial charge is 0.449 e. The summed E-state index contributed by atoms with van der Waals surface area (Å²) in [5.74, 6) is 0.0408. The molecule has 0 aliphatic carbocycles. The molecular weight excluding hydrogens is 278 g/mol. The van der Waals surface area contributed by atoms with E-state index in [0.29, 0.717) is 0 Å². The number of hydrogen-bond donors (Lipinski definition) is 2. The van der Waals surface area contributed by atoms with Gasteiger partial charge >= 0.3 is 6.09 Å². The van der Waals surface area contributed by atoms with E-state index in [1.54, 1.807) is 0 Å². The van der Waals surface area contributed by atoms with Gasteiger partial charge in [0.1, 0.15) is 6.61 Å². The molecule has 1 aromatic carbocycles. The van der Waals surface area contributed by atoms with Crippen LogP contribution in [0.2, 0.25) is 0 Å². The van der Waals surface area contributed by atoms with Crippen molar-refractivity contribution in [3.8, 4) is 0 Å². The van der Waals surface area contributed by atoms with Crippen LogP contribution in [0.15, 0.2) is 18.2 Å². The highest BCUT2D eigenvalue weighted by atomic mass is 16.5. The number of hydrogen-bond acceptors (Lipinski definition) is 4. The van der Waals surface area contributed by atoms with Crippen LogP contribution < -0.4 is 16.4 Å². The second kappa shape index (κ2) is 6.46. The van der Waals surface area contributed by atoms with E-state index >= 15 is 0 Å². The standard InChI is InChI=1S/C17H27N3O2/c1-17(2,3)14(11-22-16(19)21)13-10-12(18)6-7-15(13)20-8-4-5-9-20/h6-7,10,14H,4-5,8-9,11,18H2,1-3H3,(H2,19,21). The van der Waals surface area contributed by atoms with E-state index in [0.717, 1.165) is 24.3 Å². The van der Waals surface area contributed by atoms with Crippen molar-refractivity contribution in [3.63, 3.8) is 0 Å². The van der Waals surface area contributed by atoms with Crippen molar-refractivity contribution in [3.05, 3.63) is 23.8 Å². The van der Waals surface area contributed by atoms with E-state index in [2.05, 4.69) is 31.7 Å². The Hall–Kier alpha value is -1.91. The fourth-order valence-electron chi connectivity index (χ4n) is 3.07. The number of carbonyl (C=O) groups excluding carboxylic acids is 1. The van der Waals surface area contributed by atoms with Gasteiger partial charge in [-0.1, -0.05) is 20.8 Å². The van der Waals surface area contributed by atoms with Crippen LogP contribution in [0.25, 0.3) is 0 Å². The predicted octanol–water partition coefficient (Wildman–Crippen LogP) is 3.09. The number of amides is 1. The molecule has 1 heterocycles. The molecule has 0 saturated carbocycles. The Kier molecular flexibility index (Phi) is 4.84. The highest BCUT2D eigenvalue weighted by molar-refractivity contribution is 5.65. The fraction of sp³-hybridized carbons (Fsp3) is 0.588. The summed E-state index contributed by atoms with van der Waals surface area (Å²) in [7, 11) is 0. The summed E-state index contributed by atoms with van der Waals surface area (Å²) in [6, 6.07) is 6.03. The van der Waals surface area contributed by atoms with Crippen molar-refractivity contribution < 1.29 is 9.53 Å². The Balaban J connectivity index is 2.40. The number of anilines is 2. The maximum atomic E-state index is 11.0. The number of ether oxygens (including phenoxy) is 1. The summed E-state index contributed by atoms with van der Waals surface area (Å²) in [5.41, 5.74) is 14.2. The summed E-state index contributed by atoms with van der Waals surface area (Å²) in [6.45, 7) is 8.80. The maximum absolute atomic E-state index is 11.0. The topological polar surface area (TPSA) is 81.6 Å². The minimum atomic E-state index is -0.735. The SMILES string of the molecule is CC(C)(C)C(COC(N)=O)c1cc(N)ccc1N1CCCC1. The number of carbonyl (C=O) groups is 1. The maximum Gasteiger partial charge on any atom is 0.404 e. The zero-order chi connectivity index (χ0) is 16.3. The first kappa shape index (κ1) is 16.5. The van der Waals surface area contributed by atoms with Crippen molar-refractivity contribution in [1.29, 1.82) is 0 Å². The average Bonchev–Trinajstić information content (AvgIpc) is 2.91. The van der Waals surface area contributed by atoms with Gasteiger partial charge in [-0.3, -0.25) is 0 Å². The molecular formula is C17H27N3O2. The van der Waals surface area contributed by atoms with Crippen LogP contribution in [0.1, 0.15) is 45.1 Å².